The van der Waals surface area contributed by atoms with Gasteiger partial charge in [-0.3, -0.25) is 0 Å². The van der Waals surface area contributed by atoms with E-state index in [9.17, 15) is 0 Å². The molecule has 0 saturated heterocycles. The minimum atomic E-state index is 0.355. The van der Waals surface area contributed by atoms with E-state index in [2.05, 4.69) is 32.7 Å². The summed E-state index contributed by atoms with van der Waals surface area (Å²) in [5.74, 6) is 6.84. The first kappa shape index (κ1) is 14.3. The molecule has 1 aliphatic rings. The SMILES string of the molecule is Nc1cnc(Cl)cc1N(N)Cc1cn2cc(C3CC3)ccc2n1. The Kier molecular flexibility index (Phi) is 3.36. The van der Waals surface area contributed by atoms with Gasteiger partial charge in [-0.1, -0.05) is 17.7 Å². The van der Waals surface area contributed by atoms with Gasteiger partial charge in [0, 0.05) is 18.5 Å². The molecule has 1 aliphatic carbocycles. The molecule has 0 radical (unpaired) electrons. The zero-order valence-corrected chi connectivity index (χ0v) is 13.2. The van der Waals surface area contributed by atoms with Crippen molar-refractivity contribution in [2.24, 2.45) is 5.84 Å². The van der Waals surface area contributed by atoms with Crippen LogP contribution in [0.3, 0.4) is 0 Å². The number of hydrogen-bond donors (Lipinski definition) is 2. The number of hydrazine groups is 1. The van der Waals surface area contributed by atoms with Crippen molar-refractivity contribution >= 4 is 28.6 Å². The van der Waals surface area contributed by atoms with E-state index >= 15 is 0 Å². The highest BCUT2D eigenvalue weighted by atomic mass is 35.5. The highest BCUT2D eigenvalue weighted by Gasteiger charge is 2.23. The summed E-state index contributed by atoms with van der Waals surface area (Å²) in [5, 5.41) is 1.89. The van der Waals surface area contributed by atoms with Gasteiger partial charge in [-0.25, -0.2) is 15.8 Å². The maximum atomic E-state index is 6.12. The van der Waals surface area contributed by atoms with Crippen LogP contribution in [0, 0.1) is 0 Å². The number of hydrogen-bond acceptors (Lipinski definition) is 5. The lowest BCUT2D eigenvalue weighted by molar-refractivity contribution is 0.834. The maximum Gasteiger partial charge on any atom is 0.137 e. The summed E-state index contributed by atoms with van der Waals surface area (Å²) in [6.45, 7) is 0.436. The second kappa shape index (κ2) is 5.40. The van der Waals surface area contributed by atoms with Crippen LogP contribution in [0.1, 0.15) is 30.0 Å². The van der Waals surface area contributed by atoms with E-state index < -0.39 is 0 Å². The van der Waals surface area contributed by atoms with Crippen LogP contribution in [0.25, 0.3) is 5.65 Å². The highest BCUT2D eigenvalue weighted by molar-refractivity contribution is 6.29. The summed E-state index contributed by atoms with van der Waals surface area (Å²) in [6, 6.07) is 5.86. The van der Waals surface area contributed by atoms with Crippen molar-refractivity contribution in [3.63, 3.8) is 0 Å². The van der Waals surface area contributed by atoms with Crippen molar-refractivity contribution in [2.75, 3.05) is 10.7 Å². The maximum absolute atomic E-state index is 6.12. The van der Waals surface area contributed by atoms with Crippen LogP contribution in [0.15, 0.2) is 36.8 Å². The third kappa shape index (κ3) is 2.83. The van der Waals surface area contributed by atoms with Gasteiger partial charge < -0.3 is 15.1 Å². The molecule has 0 aromatic carbocycles. The van der Waals surface area contributed by atoms with Crippen molar-refractivity contribution in [1.29, 1.82) is 0 Å². The summed E-state index contributed by atoms with van der Waals surface area (Å²) in [7, 11) is 0. The Morgan fingerprint density at radius 2 is 2.13 bits per heavy atom. The van der Waals surface area contributed by atoms with E-state index in [1.54, 1.807) is 6.07 Å². The Morgan fingerprint density at radius 3 is 2.91 bits per heavy atom. The van der Waals surface area contributed by atoms with E-state index in [0.29, 0.717) is 23.1 Å². The second-order valence-corrected chi connectivity index (χ2v) is 6.32. The number of halogens is 1. The molecular formula is C16H17ClN6. The predicted molar refractivity (Wildman–Crippen MR) is 91.2 cm³/mol. The number of fused-ring (bicyclic) bond motifs is 1. The molecule has 3 aromatic rings. The van der Waals surface area contributed by atoms with Crippen LogP contribution in [0.5, 0.6) is 0 Å². The molecule has 0 spiro atoms. The molecule has 7 heteroatoms. The van der Waals surface area contributed by atoms with Gasteiger partial charge in [-0.15, -0.1) is 0 Å². The summed E-state index contributed by atoms with van der Waals surface area (Å²) < 4.78 is 2.06. The average molecular weight is 329 g/mol. The Bertz CT molecular complexity index is 870. The normalized spacial score (nSPS) is 14.3. The first-order valence-corrected chi connectivity index (χ1v) is 7.89. The minimum Gasteiger partial charge on any atom is -0.396 e. The molecule has 0 bridgehead atoms. The highest BCUT2D eigenvalue weighted by Crippen LogP contribution is 2.39. The van der Waals surface area contributed by atoms with Gasteiger partial charge >= 0.3 is 0 Å². The largest absolute Gasteiger partial charge is 0.396 e. The number of rotatable bonds is 4. The van der Waals surface area contributed by atoms with Crippen LogP contribution in [-0.2, 0) is 6.54 Å². The van der Waals surface area contributed by atoms with E-state index in [1.807, 2.05) is 6.20 Å². The lowest BCUT2D eigenvalue weighted by Gasteiger charge is -2.19. The first-order chi connectivity index (χ1) is 11.1. The molecule has 0 amide bonds. The Morgan fingerprint density at radius 1 is 1.30 bits per heavy atom. The lowest BCUT2D eigenvalue weighted by Crippen LogP contribution is -2.31. The fourth-order valence-corrected chi connectivity index (χ4v) is 2.89. The molecule has 118 valence electrons. The third-order valence-electron chi connectivity index (χ3n) is 4.09. The van der Waals surface area contributed by atoms with E-state index in [-0.39, 0.29) is 0 Å². The zero-order valence-electron chi connectivity index (χ0n) is 12.5. The Labute approximate surface area is 138 Å². The van der Waals surface area contributed by atoms with Gasteiger partial charge in [-0.05, 0) is 30.4 Å². The molecule has 0 atom stereocenters. The zero-order chi connectivity index (χ0) is 16.0. The van der Waals surface area contributed by atoms with Crippen LogP contribution in [0.4, 0.5) is 11.4 Å². The molecule has 4 rings (SSSR count). The summed E-state index contributed by atoms with van der Waals surface area (Å²) in [5.41, 5.74) is 10.2. The molecule has 0 aliphatic heterocycles. The van der Waals surface area contributed by atoms with Crippen molar-refractivity contribution in [2.45, 2.75) is 25.3 Å². The third-order valence-corrected chi connectivity index (χ3v) is 4.30. The van der Waals surface area contributed by atoms with E-state index in [0.717, 1.165) is 17.3 Å². The summed E-state index contributed by atoms with van der Waals surface area (Å²) in [4.78, 5) is 8.54. The smallest absolute Gasteiger partial charge is 0.137 e. The standard InChI is InChI=1S/C16H17ClN6/c17-15-5-14(13(18)6-20-15)23(19)9-12-8-22-7-11(10-1-2-10)3-4-16(22)21-12/h3-8,10H,1-2,9,18-19H2. The fourth-order valence-electron chi connectivity index (χ4n) is 2.74. The predicted octanol–water partition coefficient (Wildman–Crippen LogP) is 2.72. The molecule has 3 heterocycles. The van der Waals surface area contributed by atoms with Gasteiger partial charge in [-0.2, -0.15) is 0 Å². The van der Waals surface area contributed by atoms with Crippen molar-refractivity contribution < 1.29 is 0 Å². The van der Waals surface area contributed by atoms with Gasteiger partial charge in [0.1, 0.15) is 10.8 Å². The molecule has 1 saturated carbocycles. The average Bonchev–Trinajstić information content (AvgIpc) is 3.30. The number of nitrogen functional groups attached to an aromatic ring is 1. The number of pyridine rings is 2. The Hall–Kier alpha value is -2.31. The molecule has 6 nitrogen and oxygen atoms in total. The van der Waals surface area contributed by atoms with Crippen molar-refractivity contribution in [3.05, 3.63) is 53.2 Å². The summed E-state index contributed by atoms with van der Waals surface area (Å²) in [6.07, 6.45) is 8.22. The number of nitrogens with zero attached hydrogens (tertiary/aromatic N) is 4. The van der Waals surface area contributed by atoms with Gasteiger partial charge in [0.15, 0.2) is 0 Å². The molecule has 3 aromatic heterocycles. The number of anilines is 2. The van der Waals surface area contributed by atoms with Gasteiger partial charge in [0.05, 0.1) is 29.8 Å². The topological polar surface area (TPSA) is 85.5 Å². The number of aromatic nitrogens is 3. The molecule has 23 heavy (non-hydrogen) atoms. The van der Waals surface area contributed by atoms with Crippen LogP contribution in [0.2, 0.25) is 5.15 Å². The van der Waals surface area contributed by atoms with Crippen LogP contribution in [-0.4, -0.2) is 14.4 Å². The molecular weight excluding hydrogens is 312 g/mol. The second-order valence-electron chi connectivity index (χ2n) is 5.93. The molecule has 0 unspecified atom stereocenters. The van der Waals surface area contributed by atoms with E-state index in [1.165, 1.54) is 29.6 Å². The number of nitrogens with two attached hydrogens (primary N) is 2. The van der Waals surface area contributed by atoms with Crippen molar-refractivity contribution in [3.8, 4) is 0 Å². The number of imidazole rings is 1. The molecule has 4 N–H and O–H groups in total. The summed E-state index contributed by atoms with van der Waals surface area (Å²) >= 11 is 5.91. The van der Waals surface area contributed by atoms with Crippen LogP contribution >= 0.6 is 11.6 Å². The Balaban J connectivity index is 1.60. The minimum absolute atomic E-state index is 0.355. The van der Waals surface area contributed by atoms with Gasteiger partial charge in [0.2, 0.25) is 0 Å². The van der Waals surface area contributed by atoms with Crippen molar-refractivity contribution in [1.82, 2.24) is 14.4 Å². The van der Waals surface area contributed by atoms with Crippen LogP contribution < -0.4 is 16.6 Å². The first-order valence-electron chi connectivity index (χ1n) is 7.51. The monoisotopic (exact) mass is 328 g/mol. The fraction of sp³-hybridized carbons (Fsp3) is 0.250. The quantitative estimate of drug-likeness (QED) is 0.437. The molecule has 1 fully saturated rings. The van der Waals surface area contributed by atoms with Gasteiger partial charge in [0.25, 0.3) is 0 Å². The van der Waals surface area contributed by atoms with E-state index in [4.69, 9.17) is 23.2 Å². The lowest BCUT2D eigenvalue weighted by atomic mass is 10.2.